The summed E-state index contributed by atoms with van der Waals surface area (Å²) in [6.45, 7) is 5.81. The number of nitrogens with zero attached hydrogens (tertiary/aromatic N) is 3. The van der Waals surface area contributed by atoms with Crippen molar-refractivity contribution in [1.82, 2.24) is 14.7 Å². The normalized spacial score (nSPS) is 15.7. The minimum absolute atomic E-state index is 0.184. The average molecular weight is 249 g/mol. The Morgan fingerprint density at radius 2 is 2.17 bits per heavy atom. The highest BCUT2D eigenvalue weighted by Gasteiger charge is 2.25. The van der Waals surface area contributed by atoms with E-state index in [-0.39, 0.29) is 5.92 Å². The van der Waals surface area contributed by atoms with Crippen LogP contribution in [0.5, 0.6) is 0 Å². The molecule has 4 heteroatoms. The van der Waals surface area contributed by atoms with Crippen LogP contribution in [0.1, 0.15) is 44.4 Å². The molecule has 0 saturated carbocycles. The van der Waals surface area contributed by atoms with Crippen molar-refractivity contribution in [1.29, 1.82) is 0 Å². The van der Waals surface area contributed by atoms with Crippen LogP contribution in [0.25, 0.3) is 0 Å². The molecule has 0 N–H and O–H groups in total. The van der Waals surface area contributed by atoms with Crippen LogP contribution in [-0.2, 0) is 24.8 Å². The van der Waals surface area contributed by atoms with Gasteiger partial charge < -0.3 is 4.90 Å². The van der Waals surface area contributed by atoms with Gasteiger partial charge in [-0.2, -0.15) is 5.10 Å². The van der Waals surface area contributed by atoms with Crippen LogP contribution in [0.4, 0.5) is 0 Å². The third kappa shape index (κ3) is 2.42. The Morgan fingerprint density at radius 1 is 1.44 bits per heavy atom. The number of hydrogen-bond acceptors (Lipinski definition) is 2. The van der Waals surface area contributed by atoms with Crippen LogP contribution in [0.2, 0.25) is 0 Å². The zero-order valence-electron chi connectivity index (χ0n) is 11.6. The first kappa shape index (κ1) is 13.1. The third-order valence-electron chi connectivity index (χ3n) is 4.00. The Labute approximate surface area is 109 Å². The van der Waals surface area contributed by atoms with Gasteiger partial charge in [0.1, 0.15) is 0 Å². The van der Waals surface area contributed by atoms with Gasteiger partial charge in [0.25, 0.3) is 0 Å². The SMILES string of the molecule is CCC(CC)C(=O)N1CCCc2c(cnn2C)C1. The second-order valence-corrected chi connectivity index (χ2v) is 5.12. The first-order valence-electron chi connectivity index (χ1n) is 6.95. The van der Waals surface area contributed by atoms with E-state index in [0.717, 1.165) is 38.8 Å². The number of rotatable bonds is 3. The molecular weight excluding hydrogens is 226 g/mol. The summed E-state index contributed by atoms with van der Waals surface area (Å²) in [7, 11) is 1.98. The van der Waals surface area contributed by atoms with Crippen molar-refractivity contribution in [3.05, 3.63) is 17.5 Å². The van der Waals surface area contributed by atoms with Gasteiger partial charge in [0.2, 0.25) is 5.91 Å². The van der Waals surface area contributed by atoms with Crippen molar-refractivity contribution in [3.8, 4) is 0 Å². The van der Waals surface area contributed by atoms with Crippen molar-refractivity contribution in [2.45, 2.75) is 46.1 Å². The van der Waals surface area contributed by atoms with Gasteiger partial charge in [-0.3, -0.25) is 9.48 Å². The van der Waals surface area contributed by atoms with Gasteiger partial charge in [-0.15, -0.1) is 0 Å². The summed E-state index contributed by atoms with van der Waals surface area (Å²) < 4.78 is 1.94. The molecule has 0 fully saturated rings. The van der Waals surface area contributed by atoms with Crippen molar-refractivity contribution < 1.29 is 4.79 Å². The fourth-order valence-electron chi connectivity index (χ4n) is 2.77. The van der Waals surface area contributed by atoms with E-state index in [2.05, 4.69) is 18.9 Å². The summed E-state index contributed by atoms with van der Waals surface area (Å²) in [6, 6.07) is 0. The first-order valence-corrected chi connectivity index (χ1v) is 6.95. The summed E-state index contributed by atoms with van der Waals surface area (Å²) in [4.78, 5) is 14.4. The van der Waals surface area contributed by atoms with E-state index in [4.69, 9.17) is 0 Å². The predicted octanol–water partition coefficient (Wildman–Crippen LogP) is 2.13. The quantitative estimate of drug-likeness (QED) is 0.823. The number of carbonyl (C=O) groups is 1. The second kappa shape index (κ2) is 5.55. The van der Waals surface area contributed by atoms with E-state index in [0.29, 0.717) is 5.91 Å². The molecule has 1 aliphatic heterocycles. The second-order valence-electron chi connectivity index (χ2n) is 5.12. The molecule has 0 unspecified atom stereocenters. The smallest absolute Gasteiger partial charge is 0.225 e. The zero-order valence-corrected chi connectivity index (χ0v) is 11.6. The summed E-state index contributed by atoms with van der Waals surface area (Å²) in [5.74, 6) is 0.500. The van der Waals surface area contributed by atoms with Gasteiger partial charge in [0.05, 0.1) is 6.20 Å². The van der Waals surface area contributed by atoms with Gasteiger partial charge in [-0.05, 0) is 25.7 Å². The van der Waals surface area contributed by atoms with Crippen molar-refractivity contribution >= 4 is 5.91 Å². The molecule has 4 nitrogen and oxygen atoms in total. The monoisotopic (exact) mass is 249 g/mol. The molecule has 1 amide bonds. The molecule has 0 atom stereocenters. The Bertz CT molecular complexity index is 421. The topological polar surface area (TPSA) is 38.1 Å². The lowest BCUT2D eigenvalue weighted by Gasteiger charge is -2.24. The van der Waals surface area contributed by atoms with Gasteiger partial charge in [0, 0.05) is 37.3 Å². The highest BCUT2D eigenvalue weighted by atomic mass is 16.2. The van der Waals surface area contributed by atoms with E-state index in [9.17, 15) is 4.79 Å². The van der Waals surface area contributed by atoms with E-state index in [1.807, 2.05) is 22.8 Å². The molecule has 0 bridgehead atoms. The molecule has 2 rings (SSSR count). The molecule has 0 aliphatic carbocycles. The number of fused-ring (bicyclic) bond motifs is 1. The number of carbonyl (C=O) groups excluding carboxylic acids is 1. The van der Waals surface area contributed by atoms with Crippen molar-refractivity contribution in [3.63, 3.8) is 0 Å². The maximum absolute atomic E-state index is 12.4. The van der Waals surface area contributed by atoms with E-state index in [1.165, 1.54) is 11.3 Å². The lowest BCUT2D eigenvalue weighted by Crippen LogP contribution is -2.35. The van der Waals surface area contributed by atoms with Crippen LogP contribution in [-0.4, -0.2) is 27.1 Å². The van der Waals surface area contributed by atoms with Crippen LogP contribution < -0.4 is 0 Å². The minimum atomic E-state index is 0.184. The Balaban J connectivity index is 2.14. The molecule has 1 aromatic rings. The highest BCUT2D eigenvalue weighted by Crippen LogP contribution is 2.21. The van der Waals surface area contributed by atoms with Crippen LogP contribution in [0, 0.1) is 5.92 Å². The van der Waals surface area contributed by atoms with Crippen molar-refractivity contribution in [2.75, 3.05) is 6.54 Å². The molecule has 0 spiro atoms. The molecular formula is C14H23N3O. The Kier molecular flexibility index (Phi) is 4.04. The van der Waals surface area contributed by atoms with Crippen LogP contribution >= 0.6 is 0 Å². The highest BCUT2D eigenvalue weighted by molar-refractivity contribution is 5.78. The van der Waals surface area contributed by atoms with Crippen molar-refractivity contribution in [2.24, 2.45) is 13.0 Å². The summed E-state index contributed by atoms with van der Waals surface area (Å²) in [6.07, 6.45) is 5.85. The van der Waals surface area contributed by atoms with Gasteiger partial charge in [-0.1, -0.05) is 13.8 Å². The molecule has 1 aliphatic rings. The molecule has 18 heavy (non-hydrogen) atoms. The predicted molar refractivity (Wildman–Crippen MR) is 71.0 cm³/mol. The Morgan fingerprint density at radius 3 is 2.83 bits per heavy atom. The minimum Gasteiger partial charge on any atom is -0.338 e. The van der Waals surface area contributed by atoms with Gasteiger partial charge in [-0.25, -0.2) is 0 Å². The lowest BCUT2D eigenvalue weighted by atomic mass is 10.0. The third-order valence-corrected chi connectivity index (χ3v) is 4.00. The average Bonchev–Trinajstić information content (AvgIpc) is 2.61. The maximum atomic E-state index is 12.4. The molecule has 100 valence electrons. The molecule has 1 aromatic heterocycles. The van der Waals surface area contributed by atoms with E-state index < -0.39 is 0 Å². The number of hydrogen-bond donors (Lipinski definition) is 0. The van der Waals surface area contributed by atoms with E-state index >= 15 is 0 Å². The fourth-order valence-corrected chi connectivity index (χ4v) is 2.77. The summed E-state index contributed by atoms with van der Waals surface area (Å²) in [5, 5.41) is 4.30. The number of aromatic nitrogens is 2. The largest absolute Gasteiger partial charge is 0.338 e. The summed E-state index contributed by atoms with van der Waals surface area (Å²) >= 11 is 0. The fraction of sp³-hybridized carbons (Fsp3) is 0.714. The number of amides is 1. The molecule has 0 aromatic carbocycles. The standard InChI is InChI=1S/C14H23N3O/c1-4-11(5-2)14(18)17-8-6-7-13-12(10-17)9-15-16(13)3/h9,11H,4-8,10H2,1-3H3. The Hall–Kier alpha value is -1.32. The molecule has 0 radical (unpaired) electrons. The van der Waals surface area contributed by atoms with Crippen LogP contribution in [0.3, 0.4) is 0 Å². The molecule has 0 saturated heterocycles. The van der Waals surface area contributed by atoms with Gasteiger partial charge >= 0.3 is 0 Å². The zero-order chi connectivity index (χ0) is 13.1. The lowest BCUT2D eigenvalue weighted by molar-refractivity contribution is -0.136. The summed E-state index contributed by atoms with van der Waals surface area (Å²) in [5.41, 5.74) is 2.50. The van der Waals surface area contributed by atoms with Gasteiger partial charge in [0.15, 0.2) is 0 Å². The van der Waals surface area contributed by atoms with E-state index in [1.54, 1.807) is 0 Å². The van der Waals surface area contributed by atoms with Crippen LogP contribution in [0.15, 0.2) is 6.20 Å². The maximum Gasteiger partial charge on any atom is 0.225 e. The first-order chi connectivity index (χ1) is 8.67. The molecule has 2 heterocycles. The number of aryl methyl sites for hydroxylation is 1.